The number of benzene rings is 1. The van der Waals surface area contributed by atoms with Crippen LogP contribution < -0.4 is 31.4 Å². The van der Waals surface area contributed by atoms with Gasteiger partial charge in [0.2, 0.25) is 0 Å². The van der Waals surface area contributed by atoms with E-state index in [0.29, 0.717) is 13.2 Å². The van der Waals surface area contributed by atoms with E-state index < -0.39 is 0 Å². The van der Waals surface area contributed by atoms with Gasteiger partial charge in [0.05, 0.1) is 26.3 Å². The summed E-state index contributed by atoms with van der Waals surface area (Å²) >= 11 is 8.14. The highest BCUT2D eigenvalue weighted by molar-refractivity contribution is 7.16. The molecule has 31 heavy (non-hydrogen) atoms. The van der Waals surface area contributed by atoms with Crippen molar-refractivity contribution in [2.75, 3.05) is 25.8 Å². The van der Waals surface area contributed by atoms with Crippen LogP contribution in [0.1, 0.15) is 16.8 Å². The maximum Gasteiger partial charge on any atom is 0.126 e. The number of anilines is 1. The van der Waals surface area contributed by atoms with Crippen LogP contribution in [-0.4, -0.2) is 30.6 Å². The third-order valence-corrected chi connectivity index (χ3v) is 6.98. The van der Waals surface area contributed by atoms with Crippen molar-refractivity contribution in [2.24, 2.45) is 10.7 Å². The fourth-order valence-corrected chi connectivity index (χ4v) is 5.15. The molecule has 0 bridgehead atoms. The van der Waals surface area contributed by atoms with Crippen molar-refractivity contribution >= 4 is 44.7 Å². The number of aromatic nitrogens is 1. The van der Waals surface area contributed by atoms with Gasteiger partial charge in [0.15, 0.2) is 0 Å². The Balaban J connectivity index is 1.67. The Morgan fingerprint density at radius 3 is 2.71 bits per heavy atom. The number of halogens is 1. The van der Waals surface area contributed by atoms with E-state index in [1.54, 1.807) is 17.5 Å². The Morgan fingerprint density at radius 2 is 2.03 bits per heavy atom. The first-order chi connectivity index (χ1) is 14.9. The van der Waals surface area contributed by atoms with Crippen LogP contribution in [0.15, 0.2) is 41.7 Å². The molecule has 3 heterocycles. The molecule has 0 amide bonds. The Kier molecular flexibility index (Phi) is 6.04. The molecule has 0 saturated heterocycles. The third kappa shape index (κ3) is 3.94. The SMILES string of the molecule is CNN(/C=C\N)c1ccc(CNC2=c3sc4nc(C)c(Cl)c(C)c4c3=NCN2C)cc1. The van der Waals surface area contributed by atoms with Crippen molar-refractivity contribution < 1.29 is 0 Å². The molecule has 7 nitrogen and oxygen atoms in total. The molecule has 0 unspecified atom stereocenters. The minimum absolute atomic E-state index is 0.591. The van der Waals surface area contributed by atoms with Crippen molar-refractivity contribution in [3.05, 3.63) is 68.4 Å². The molecular formula is C22H26ClN7S. The average molecular weight is 456 g/mol. The van der Waals surface area contributed by atoms with Gasteiger partial charge in [0.1, 0.15) is 17.3 Å². The molecular weight excluding hydrogens is 430 g/mol. The predicted molar refractivity (Wildman–Crippen MR) is 129 cm³/mol. The first-order valence-corrected chi connectivity index (χ1v) is 11.2. The van der Waals surface area contributed by atoms with Gasteiger partial charge in [-0.15, -0.1) is 11.3 Å². The van der Waals surface area contributed by atoms with Crippen LogP contribution >= 0.6 is 22.9 Å². The Morgan fingerprint density at radius 1 is 1.29 bits per heavy atom. The molecule has 0 atom stereocenters. The number of hydrazine groups is 1. The van der Waals surface area contributed by atoms with E-state index in [1.807, 2.05) is 33.0 Å². The van der Waals surface area contributed by atoms with Crippen LogP contribution in [0.4, 0.5) is 5.69 Å². The molecule has 0 aliphatic carbocycles. The Labute approximate surface area is 190 Å². The van der Waals surface area contributed by atoms with E-state index in [2.05, 4.69) is 39.9 Å². The number of hydrogen-bond acceptors (Lipinski definition) is 8. The van der Waals surface area contributed by atoms with Gasteiger partial charge in [-0.2, -0.15) is 0 Å². The first-order valence-electron chi connectivity index (χ1n) is 9.97. The summed E-state index contributed by atoms with van der Waals surface area (Å²) in [5, 5.41) is 8.23. The average Bonchev–Trinajstić information content (AvgIpc) is 3.14. The Hall–Kier alpha value is -2.81. The second-order valence-electron chi connectivity index (χ2n) is 7.40. The lowest BCUT2D eigenvalue weighted by Gasteiger charge is -2.24. The Bertz CT molecular complexity index is 1260. The molecule has 1 aromatic carbocycles. The van der Waals surface area contributed by atoms with Crippen LogP contribution in [0.2, 0.25) is 5.02 Å². The van der Waals surface area contributed by atoms with E-state index in [9.17, 15) is 0 Å². The van der Waals surface area contributed by atoms with E-state index in [1.165, 1.54) is 11.8 Å². The largest absolute Gasteiger partial charge is 0.403 e. The number of hydrogen-bond donors (Lipinski definition) is 3. The molecule has 1 aliphatic heterocycles. The van der Waals surface area contributed by atoms with Crippen LogP contribution in [0.5, 0.6) is 0 Å². The van der Waals surface area contributed by atoms with Crippen LogP contribution in [0.25, 0.3) is 16.0 Å². The lowest BCUT2D eigenvalue weighted by Crippen LogP contribution is -2.41. The fourth-order valence-electron chi connectivity index (χ4n) is 3.69. The summed E-state index contributed by atoms with van der Waals surface area (Å²) in [4.78, 5) is 12.6. The van der Waals surface area contributed by atoms with Gasteiger partial charge in [-0.05, 0) is 37.1 Å². The van der Waals surface area contributed by atoms with E-state index in [0.717, 1.165) is 47.9 Å². The predicted octanol–water partition coefficient (Wildman–Crippen LogP) is 2.32. The number of nitrogens with one attached hydrogen (secondary N) is 2. The van der Waals surface area contributed by atoms with Gasteiger partial charge in [0.25, 0.3) is 0 Å². The number of nitrogens with zero attached hydrogens (tertiary/aromatic N) is 4. The number of thiophene rings is 1. The molecule has 4 N–H and O–H groups in total. The lowest BCUT2D eigenvalue weighted by atomic mass is 10.1. The monoisotopic (exact) mass is 455 g/mol. The molecule has 0 radical (unpaired) electrons. The van der Waals surface area contributed by atoms with Gasteiger partial charge >= 0.3 is 0 Å². The van der Waals surface area contributed by atoms with Crippen molar-refractivity contribution in [1.29, 1.82) is 0 Å². The quantitative estimate of drug-likeness (QED) is 0.495. The van der Waals surface area contributed by atoms with Gasteiger partial charge < -0.3 is 16.0 Å². The number of pyridine rings is 1. The van der Waals surface area contributed by atoms with E-state index in [4.69, 9.17) is 27.3 Å². The van der Waals surface area contributed by atoms with Crippen molar-refractivity contribution in [2.45, 2.75) is 20.4 Å². The van der Waals surface area contributed by atoms with Gasteiger partial charge in [0, 0.05) is 38.4 Å². The third-order valence-electron chi connectivity index (χ3n) is 5.34. The highest BCUT2D eigenvalue weighted by Crippen LogP contribution is 2.26. The normalized spacial score (nSPS) is 13.6. The fraction of sp³-hybridized carbons (Fsp3) is 0.273. The molecule has 0 fully saturated rings. The van der Waals surface area contributed by atoms with Crippen molar-refractivity contribution in [3.63, 3.8) is 0 Å². The van der Waals surface area contributed by atoms with Crippen LogP contribution in [-0.2, 0) is 6.54 Å². The maximum atomic E-state index is 6.48. The summed E-state index contributed by atoms with van der Waals surface area (Å²) in [6, 6.07) is 8.32. The van der Waals surface area contributed by atoms with Crippen molar-refractivity contribution in [3.8, 4) is 0 Å². The second kappa shape index (κ2) is 8.74. The first kappa shape index (κ1) is 21.4. The summed E-state index contributed by atoms with van der Waals surface area (Å²) in [5.41, 5.74) is 12.7. The molecule has 2 aromatic heterocycles. The summed E-state index contributed by atoms with van der Waals surface area (Å²) < 4.78 is 1.10. The molecule has 3 aromatic rings. The smallest absolute Gasteiger partial charge is 0.126 e. The van der Waals surface area contributed by atoms with E-state index >= 15 is 0 Å². The van der Waals surface area contributed by atoms with Gasteiger partial charge in [-0.1, -0.05) is 23.7 Å². The summed E-state index contributed by atoms with van der Waals surface area (Å²) in [6.07, 6.45) is 3.27. The van der Waals surface area contributed by atoms with Crippen LogP contribution in [0.3, 0.4) is 0 Å². The minimum atomic E-state index is 0.591. The molecule has 162 valence electrons. The molecule has 4 rings (SSSR count). The lowest BCUT2D eigenvalue weighted by molar-refractivity contribution is 0.449. The maximum absolute atomic E-state index is 6.48. The van der Waals surface area contributed by atoms with E-state index in [-0.39, 0.29) is 0 Å². The van der Waals surface area contributed by atoms with Gasteiger partial charge in [-0.25, -0.2) is 10.4 Å². The topological polar surface area (TPSA) is 81.8 Å². The molecule has 0 saturated carbocycles. The zero-order valence-corrected chi connectivity index (χ0v) is 19.6. The highest BCUT2D eigenvalue weighted by Gasteiger charge is 2.19. The summed E-state index contributed by atoms with van der Waals surface area (Å²) in [7, 11) is 3.90. The zero-order chi connectivity index (χ0) is 22.1. The number of fused-ring (bicyclic) bond motifs is 3. The standard InChI is InChI=1S/C22H26ClN7S/c1-13-17-19-20(31-22(17)28-14(2)18(13)23)21(29(4)12-27-19)26-11-15-5-7-16(8-6-15)30(25-3)10-9-24/h5-10,25-26H,11-12,24H2,1-4H3/b10-9-. The number of aryl methyl sites for hydroxylation is 2. The number of rotatable bonds is 6. The summed E-state index contributed by atoms with van der Waals surface area (Å²) in [6.45, 7) is 5.28. The number of nitrogens with two attached hydrogens (primary N) is 1. The van der Waals surface area contributed by atoms with Crippen LogP contribution in [0, 0.1) is 13.8 Å². The van der Waals surface area contributed by atoms with Crippen molar-refractivity contribution in [1.82, 2.24) is 20.6 Å². The minimum Gasteiger partial charge on any atom is -0.403 e. The highest BCUT2D eigenvalue weighted by atomic mass is 35.5. The molecule has 0 spiro atoms. The second-order valence-corrected chi connectivity index (χ2v) is 8.77. The van der Waals surface area contributed by atoms with Gasteiger partial charge in [-0.3, -0.25) is 10.0 Å². The molecule has 9 heteroatoms. The summed E-state index contributed by atoms with van der Waals surface area (Å²) in [5.74, 6) is 1.06. The molecule has 1 aliphatic rings. The zero-order valence-electron chi connectivity index (χ0n) is 18.0.